The molecule has 27 heavy (non-hydrogen) atoms. The van der Waals surface area contributed by atoms with Crippen molar-refractivity contribution in [1.82, 2.24) is 0 Å². The number of aromatic carboxylic acids is 1. The summed E-state index contributed by atoms with van der Waals surface area (Å²) < 4.78 is 4.44. The van der Waals surface area contributed by atoms with Gasteiger partial charge in [0.1, 0.15) is 22.6 Å². The van der Waals surface area contributed by atoms with E-state index in [0.717, 1.165) is 0 Å². The third-order valence-corrected chi connectivity index (χ3v) is 3.47. The van der Waals surface area contributed by atoms with E-state index in [0.29, 0.717) is 0 Å². The molecule has 8 nitrogen and oxygen atoms in total. The summed E-state index contributed by atoms with van der Waals surface area (Å²) in [7, 11) is 1.21. The second kappa shape index (κ2) is 9.14. The molecule has 142 valence electrons. The lowest BCUT2D eigenvalue weighted by Gasteiger charge is -2.05. The Balaban J connectivity index is 0.000000271. The zero-order valence-electron chi connectivity index (χ0n) is 14.8. The predicted octanol–water partition coefficient (Wildman–Crippen LogP) is 2.67. The molecule has 2 aromatic carbocycles. The fraction of sp³-hybridized carbons (Fsp3) is 0.158. The van der Waals surface area contributed by atoms with Gasteiger partial charge in [0, 0.05) is 0 Å². The van der Waals surface area contributed by atoms with Gasteiger partial charge in [0.15, 0.2) is 11.6 Å². The Morgan fingerprint density at radius 1 is 0.741 bits per heavy atom. The topological polar surface area (TPSA) is 138 Å². The van der Waals surface area contributed by atoms with Gasteiger partial charge >= 0.3 is 11.9 Å². The highest BCUT2D eigenvalue weighted by molar-refractivity contribution is 6.02. The molecule has 0 radical (unpaired) electrons. The van der Waals surface area contributed by atoms with Crippen molar-refractivity contribution in [3.63, 3.8) is 0 Å². The van der Waals surface area contributed by atoms with Gasteiger partial charge < -0.3 is 20.1 Å². The van der Waals surface area contributed by atoms with Crippen LogP contribution in [0.25, 0.3) is 0 Å². The van der Waals surface area contributed by atoms with Crippen LogP contribution in [0.15, 0.2) is 36.4 Å². The molecule has 0 aliphatic rings. The zero-order chi connectivity index (χ0) is 20.7. The minimum Gasteiger partial charge on any atom is -0.506 e. The van der Waals surface area contributed by atoms with E-state index in [-0.39, 0.29) is 39.6 Å². The van der Waals surface area contributed by atoms with Gasteiger partial charge in [-0.3, -0.25) is 9.59 Å². The normalized spacial score (nSPS) is 9.59. The van der Waals surface area contributed by atoms with Crippen LogP contribution < -0.4 is 0 Å². The molecule has 3 N–H and O–H groups in total. The van der Waals surface area contributed by atoms with Crippen molar-refractivity contribution in [3.05, 3.63) is 58.7 Å². The summed E-state index contributed by atoms with van der Waals surface area (Å²) in [6.07, 6.45) is 0. The van der Waals surface area contributed by atoms with E-state index >= 15 is 0 Å². The Morgan fingerprint density at radius 3 is 1.48 bits per heavy atom. The number of hydrogen-bond donors (Lipinski definition) is 3. The number of methoxy groups -OCH3 is 1. The van der Waals surface area contributed by atoms with Crippen LogP contribution >= 0.6 is 0 Å². The average molecular weight is 374 g/mol. The quantitative estimate of drug-likeness (QED) is 0.548. The minimum atomic E-state index is -1.25. The van der Waals surface area contributed by atoms with E-state index in [1.807, 2.05) is 0 Å². The number of carbonyl (C=O) groups is 4. The van der Waals surface area contributed by atoms with E-state index in [4.69, 9.17) is 5.11 Å². The molecule has 2 aromatic rings. The third-order valence-electron chi connectivity index (χ3n) is 3.47. The first kappa shape index (κ1) is 21.4. The van der Waals surface area contributed by atoms with Crippen LogP contribution in [0.5, 0.6) is 11.5 Å². The highest BCUT2D eigenvalue weighted by Crippen LogP contribution is 2.23. The highest BCUT2D eigenvalue weighted by Gasteiger charge is 2.16. The number of hydrogen-bond acceptors (Lipinski definition) is 7. The van der Waals surface area contributed by atoms with Gasteiger partial charge in [0.2, 0.25) is 0 Å². The van der Waals surface area contributed by atoms with E-state index in [2.05, 4.69) is 4.74 Å². The second-order valence-corrected chi connectivity index (χ2v) is 5.31. The van der Waals surface area contributed by atoms with Gasteiger partial charge in [-0.1, -0.05) is 12.1 Å². The number of esters is 1. The van der Waals surface area contributed by atoms with Crippen LogP contribution in [0, 0.1) is 0 Å². The number of carboxylic acids is 1. The van der Waals surface area contributed by atoms with Crippen LogP contribution in [-0.4, -0.2) is 45.9 Å². The van der Waals surface area contributed by atoms with E-state index in [9.17, 15) is 29.4 Å². The lowest BCUT2D eigenvalue weighted by Crippen LogP contribution is -2.04. The van der Waals surface area contributed by atoms with Crippen LogP contribution in [0.4, 0.5) is 0 Å². The van der Waals surface area contributed by atoms with Crippen molar-refractivity contribution in [1.29, 1.82) is 0 Å². The Hall–Kier alpha value is -3.68. The third kappa shape index (κ3) is 5.15. The molecular weight excluding hydrogens is 356 g/mol. The van der Waals surface area contributed by atoms with Gasteiger partial charge in [0.25, 0.3) is 0 Å². The van der Waals surface area contributed by atoms with Gasteiger partial charge in [0.05, 0.1) is 18.2 Å². The number of phenolic OH excluding ortho intramolecular Hbond substituents is 1. The second-order valence-electron chi connectivity index (χ2n) is 5.31. The monoisotopic (exact) mass is 374 g/mol. The Kier molecular flexibility index (Phi) is 7.23. The Morgan fingerprint density at radius 2 is 1.11 bits per heavy atom. The van der Waals surface area contributed by atoms with Gasteiger partial charge in [-0.05, 0) is 38.1 Å². The predicted molar refractivity (Wildman–Crippen MR) is 94.5 cm³/mol. The number of para-hydroxylation sites is 2. The largest absolute Gasteiger partial charge is 0.506 e. The maximum Gasteiger partial charge on any atom is 0.341 e. The van der Waals surface area contributed by atoms with Gasteiger partial charge in [-0.25, -0.2) is 9.59 Å². The molecule has 0 amide bonds. The van der Waals surface area contributed by atoms with Gasteiger partial charge in [-0.15, -0.1) is 0 Å². The average Bonchev–Trinajstić information content (AvgIpc) is 2.61. The van der Waals surface area contributed by atoms with Crippen LogP contribution in [0.2, 0.25) is 0 Å². The number of carboxylic acid groups (broad SMARTS) is 1. The first-order valence-electron chi connectivity index (χ1n) is 7.59. The molecule has 0 spiro atoms. The standard InChI is InChI=1S/C10H10O4.C9H8O4/c1-6(11)7-4-3-5-8(9(7)12)10(13)14-2;1-5(10)6-3-2-4-7(8(6)11)9(12)13/h3-5,12H,1-2H3;2-4,11H,1H3,(H,12,13). The van der Waals surface area contributed by atoms with E-state index in [1.165, 1.54) is 57.4 Å². The number of Topliss-reactive ketones (excluding diaryl/α,β-unsaturated/α-hetero) is 2. The van der Waals surface area contributed by atoms with Crippen LogP contribution in [0.3, 0.4) is 0 Å². The van der Waals surface area contributed by atoms with Crippen molar-refractivity contribution in [2.45, 2.75) is 13.8 Å². The minimum absolute atomic E-state index is 0.000185. The van der Waals surface area contributed by atoms with Crippen molar-refractivity contribution < 1.29 is 39.2 Å². The molecule has 0 atom stereocenters. The SMILES string of the molecule is CC(=O)c1cccc(C(=O)O)c1O.COC(=O)c1cccc(C(C)=O)c1O. The number of ketones is 2. The summed E-state index contributed by atoms with van der Waals surface area (Å²) >= 11 is 0. The molecular formula is C19H18O8. The lowest BCUT2D eigenvalue weighted by molar-refractivity contribution is 0.0596. The molecule has 0 aliphatic carbocycles. The van der Waals surface area contributed by atoms with Crippen LogP contribution in [0.1, 0.15) is 55.3 Å². The van der Waals surface area contributed by atoms with E-state index in [1.54, 1.807) is 0 Å². The summed E-state index contributed by atoms with van der Waals surface area (Å²) in [4.78, 5) is 43.5. The summed E-state index contributed by atoms with van der Waals surface area (Å²) in [5, 5.41) is 27.5. The number of rotatable bonds is 4. The maximum absolute atomic E-state index is 11.1. The number of phenols is 2. The van der Waals surface area contributed by atoms with Crippen molar-refractivity contribution in [3.8, 4) is 11.5 Å². The summed E-state index contributed by atoms with van der Waals surface area (Å²) in [6.45, 7) is 2.58. The number of carbonyl (C=O) groups excluding carboxylic acids is 3. The fourth-order valence-electron chi connectivity index (χ4n) is 2.10. The molecule has 0 aromatic heterocycles. The summed E-state index contributed by atoms with van der Waals surface area (Å²) in [6, 6.07) is 8.40. The smallest absolute Gasteiger partial charge is 0.341 e. The molecule has 0 aliphatic heterocycles. The van der Waals surface area contributed by atoms with E-state index < -0.39 is 17.7 Å². The van der Waals surface area contributed by atoms with Crippen molar-refractivity contribution >= 4 is 23.5 Å². The van der Waals surface area contributed by atoms with Crippen LogP contribution in [-0.2, 0) is 4.74 Å². The first-order chi connectivity index (χ1) is 12.6. The fourth-order valence-corrected chi connectivity index (χ4v) is 2.10. The van der Waals surface area contributed by atoms with Crippen molar-refractivity contribution in [2.24, 2.45) is 0 Å². The molecule has 8 heteroatoms. The molecule has 0 saturated heterocycles. The molecule has 0 heterocycles. The summed E-state index contributed by atoms with van der Waals surface area (Å²) in [5.41, 5.74) is -0.110. The first-order valence-corrected chi connectivity index (χ1v) is 7.59. The zero-order valence-corrected chi connectivity index (χ0v) is 14.8. The number of aromatic hydroxyl groups is 2. The highest BCUT2D eigenvalue weighted by atomic mass is 16.5. The molecule has 2 rings (SSSR count). The lowest BCUT2D eigenvalue weighted by atomic mass is 10.1. The number of benzene rings is 2. The Bertz CT molecular complexity index is 866. The molecule has 0 fully saturated rings. The summed E-state index contributed by atoms with van der Waals surface area (Å²) in [5.74, 6) is -3.37. The number of ether oxygens (including phenoxy) is 1. The molecule has 0 bridgehead atoms. The maximum atomic E-state index is 11.1. The molecule has 0 saturated carbocycles. The van der Waals surface area contributed by atoms with Crippen molar-refractivity contribution in [2.75, 3.05) is 7.11 Å². The van der Waals surface area contributed by atoms with Gasteiger partial charge in [-0.2, -0.15) is 0 Å². The molecule has 0 unspecified atom stereocenters. The Labute approximate surface area is 154 Å².